The van der Waals surface area contributed by atoms with E-state index in [-0.39, 0.29) is 11.7 Å². The Balaban J connectivity index is 2.06. The highest BCUT2D eigenvalue weighted by Gasteiger charge is 2.11. The number of benzene rings is 2. The summed E-state index contributed by atoms with van der Waals surface area (Å²) in [6.45, 7) is 0. The van der Waals surface area contributed by atoms with Gasteiger partial charge in [-0.2, -0.15) is 0 Å². The van der Waals surface area contributed by atoms with Crippen LogP contribution < -0.4 is 4.74 Å². The van der Waals surface area contributed by atoms with Gasteiger partial charge in [-0.05, 0) is 46.3 Å². The highest BCUT2D eigenvalue weighted by atomic mass is 79.9. The molecule has 0 aliphatic heterocycles. The standard InChI is InChI=1S/C16H10BrClFNO/c17-13-8-12(19)5-6-15(13)21-16-11(9-18)7-10-3-1-2-4-14(10)20-16/h1-8H,9H2. The van der Waals surface area contributed by atoms with Crippen LogP contribution in [0.4, 0.5) is 4.39 Å². The summed E-state index contributed by atoms with van der Waals surface area (Å²) in [5, 5.41) is 0.999. The van der Waals surface area contributed by atoms with Gasteiger partial charge in [0, 0.05) is 10.9 Å². The Bertz CT molecular complexity index is 809. The molecule has 3 aromatic rings. The number of fused-ring (bicyclic) bond motifs is 1. The summed E-state index contributed by atoms with van der Waals surface area (Å²) in [4.78, 5) is 4.48. The average molecular weight is 367 g/mol. The molecule has 0 saturated carbocycles. The Morgan fingerprint density at radius 2 is 1.95 bits per heavy atom. The van der Waals surface area contributed by atoms with Crippen LogP contribution in [-0.2, 0) is 5.88 Å². The molecule has 2 nitrogen and oxygen atoms in total. The Kier molecular flexibility index (Phi) is 4.08. The van der Waals surface area contributed by atoms with Crippen LogP contribution in [0.5, 0.6) is 11.6 Å². The van der Waals surface area contributed by atoms with Gasteiger partial charge in [-0.3, -0.25) is 0 Å². The molecule has 0 N–H and O–H groups in total. The maximum absolute atomic E-state index is 13.1. The van der Waals surface area contributed by atoms with E-state index in [0.29, 0.717) is 16.1 Å². The van der Waals surface area contributed by atoms with Crippen molar-refractivity contribution in [2.24, 2.45) is 0 Å². The van der Waals surface area contributed by atoms with Crippen molar-refractivity contribution in [3.8, 4) is 11.6 Å². The van der Waals surface area contributed by atoms with Gasteiger partial charge in [0.2, 0.25) is 5.88 Å². The number of hydrogen-bond acceptors (Lipinski definition) is 2. The number of rotatable bonds is 3. The third kappa shape index (κ3) is 3.01. The monoisotopic (exact) mass is 365 g/mol. The molecule has 1 aromatic heterocycles. The lowest BCUT2D eigenvalue weighted by molar-refractivity contribution is 0.456. The summed E-state index contributed by atoms with van der Waals surface area (Å²) in [6, 6.07) is 13.9. The largest absolute Gasteiger partial charge is 0.437 e. The van der Waals surface area contributed by atoms with Gasteiger partial charge >= 0.3 is 0 Å². The smallest absolute Gasteiger partial charge is 0.224 e. The molecule has 0 spiro atoms. The number of halogens is 3. The van der Waals surface area contributed by atoms with Crippen molar-refractivity contribution in [2.45, 2.75) is 5.88 Å². The second kappa shape index (κ2) is 6.00. The lowest BCUT2D eigenvalue weighted by atomic mass is 10.2. The van der Waals surface area contributed by atoms with Crippen LogP contribution in [0, 0.1) is 5.82 Å². The molecule has 1 heterocycles. The Morgan fingerprint density at radius 1 is 1.14 bits per heavy atom. The number of nitrogens with zero attached hydrogens (tertiary/aromatic N) is 1. The maximum atomic E-state index is 13.1. The number of aromatic nitrogens is 1. The van der Waals surface area contributed by atoms with Crippen molar-refractivity contribution in [3.05, 3.63) is 64.4 Å². The molecule has 0 aliphatic carbocycles. The van der Waals surface area contributed by atoms with Crippen molar-refractivity contribution in [1.29, 1.82) is 0 Å². The Labute approximate surface area is 134 Å². The van der Waals surface area contributed by atoms with Crippen LogP contribution in [-0.4, -0.2) is 4.98 Å². The normalized spacial score (nSPS) is 10.8. The molecule has 0 aliphatic rings. The summed E-state index contributed by atoms with van der Waals surface area (Å²) in [5.74, 6) is 0.867. The quantitative estimate of drug-likeness (QED) is 0.557. The minimum Gasteiger partial charge on any atom is -0.437 e. The third-order valence-corrected chi connectivity index (χ3v) is 3.92. The molecule has 3 rings (SSSR count). The predicted molar refractivity (Wildman–Crippen MR) is 85.5 cm³/mol. The highest BCUT2D eigenvalue weighted by Crippen LogP contribution is 2.32. The van der Waals surface area contributed by atoms with E-state index in [4.69, 9.17) is 16.3 Å². The first-order valence-electron chi connectivity index (χ1n) is 6.25. The lowest BCUT2D eigenvalue weighted by Gasteiger charge is -2.11. The predicted octanol–water partition coefficient (Wildman–Crippen LogP) is 5.67. The fraction of sp³-hybridized carbons (Fsp3) is 0.0625. The summed E-state index contributed by atoms with van der Waals surface area (Å²) in [5.41, 5.74) is 1.60. The molecule has 5 heteroatoms. The topological polar surface area (TPSA) is 22.1 Å². The molecule has 0 amide bonds. The first-order valence-corrected chi connectivity index (χ1v) is 7.57. The fourth-order valence-corrected chi connectivity index (χ4v) is 2.61. The van der Waals surface area contributed by atoms with E-state index in [1.807, 2.05) is 30.3 Å². The molecule has 0 fully saturated rings. The average Bonchev–Trinajstić information content (AvgIpc) is 2.49. The first kappa shape index (κ1) is 14.3. The van der Waals surface area contributed by atoms with Gasteiger partial charge in [0.15, 0.2) is 0 Å². The Morgan fingerprint density at radius 3 is 2.71 bits per heavy atom. The zero-order valence-electron chi connectivity index (χ0n) is 10.8. The van der Waals surface area contributed by atoms with Crippen LogP contribution in [0.3, 0.4) is 0 Å². The number of ether oxygens (including phenoxy) is 1. The van der Waals surface area contributed by atoms with Gasteiger partial charge in [0.05, 0.1) is 15.9 Å². The van der Waals surface area contributed by atoms with Gasteiger partial charge < -0.3 is 4.74 Å². The molecule has 106 valence electrons. The SMILES string of the molecule is Fc1ccc(Oc2nc3ccccc3cc2CCl)c(Br)c1. The van der Waals surface area contributed by atoms with Crippen molar-refractivity contribution in [1.82, 2.24) is 4.98 Å². The third-order valence-electron chi connectivity index (χ3n) is 3.01. The summed E-state index contributed by atoms with van der Waals surface area (Å²) in [6.07, 6.45) is 0. The van der Waals surface area contributed by atoms with Crippen LogP contribution in [0.2, 0.25) is 0 Å². The summed E-state index contributed by atoms with van der Waals surface area (Å²) in [7, 11) is 0. The van der Waals surface area contributed by atoms with Gasteiger partial charge in [-0.1, -0.05) is 18.2 Å². The van der Waals surface area contributed by atoms with E-state index in [1.165, 1.54) is 12.1 Å². The van der Waals surface area contributed by atoms with E-state index >= 15 is 0 Å². The van der Waals surface area contributed by atoms with Crippen molar-refractivity contribution >= 4 is 38.4 Å². The van der Waals surface area contributed by atoms with E-state index < -0.39 is 0 Å². The van der Waals surface area contributed by atoms with Crippen molar-refractivity contribution < 1.29 is 9.13 Å². The van der Waals surface area contributed by atoms with E-state index in [2.05, 4.69) is 20.9 Å². The number of para-hydroxylation sites is 1. The minimum absolute atomic E-state index is 0.284. The Hall–Kier alpha value is -1.65. The molecule has 0 saturated heterocycles. The second-order valence-electron chi connectivity index (χ2n) is 4.46. The van der Waals surface area contributed by atoms with Crippen molar-refractivity contribution in [3.63, 3.8) is 0 Å². The number of pyridine rings is 1. The molecular formula is C16H10BrClFNO. The van der Waals surface area contributed by atoms with Gasteiger partial charge in [-0.25, -0.2) is 9.37 Å². The highest BCUT2D eigenvalue weighted by molar-refractivity contribution is 9.10. The zero-order chi connectivity index (χ0) is 14.8. The van der Waals surface area contributed by atoms with E-state index in [9.17, 15) is 4.39 Å². The molecule has 0 unspecified atom stereocenters. The fourth-order valence-electron chi connectivity index (χ4n) is 1.99. The summed E-state index contributed by atoms with van der Waals surface area (Å²) < 4.78 is 19.4. The molecule has 21 heavy (non-hydrogen) atoms. The van der Waals surface area contributed by atoms with Crippen LogP contribution in [0.1, 0.15) is 5.56 Å². The molecule has 0 bridgehead atoms. The van der Waals surface area contributed by atoms with Gasteiger partial charge in [-0.15, -0.1) is 11.6 Å². The van der Waals surface area contributed by atoms with E-state index in [0.717, 1.165) is 16.5 Å². The summed E-state index contributed by atoms with van der Waals surface area (Å²) >= 11 is 9.25. The van der Waals surface area contributed by atoms with Crippen LogP contribution in [0.15, 0.2) is 53.0 Å². The molecular weight excluding hydrogens is 357 g/mol. The van der Waals surface area contributed by atoms with Crippen LogP contribution >= 0.6 is 27.5 Å². The molecule has 2 aromatic carbocycles. The molecule has 0 radical (unpaired) electrons. The van der Waals surface area contributed by atoms with Crippen molar-refractivity contribution in [2.75, 3.05) is 0 Å². The minimum atomic E-state index is -0.335. The van der Waals surface area contributed by atoms with Gasteiger partial charge in [0.25, 0.3) is 0 Å². The second-order valence-corrected chi connectivity index (χ2v) is 5.58. The lowest BCUT2D eigenvalue weighted by Crippen LogP contribution is -1.95. The van der Waals surface area contributed by atoms with E-state index in [1.54, 1.807) is 6.07 Å². The maximum Gasteiger partial charge on any atom is 0.224 e. The van der Waals surface area contributed by atoms with Crippen LogP contribution in [0.25, 0.3) is 10.9 Å². The zero-order valence-corrected chi connectivity index (χ0v) is 13.2. The van der Waals surface area contributed by atoms with Gasteiger partial charge in [0.1, 0.15) is 11.6 Å². The molecule has 0 atom stereocenters. The first-order chi connectivity index (χ1) is 10.2. The number of alkyl halides is 1. The number of hydrogen-bond donors (Lipinski definition) is 0.